The number of carbonyl (C=O) groups is 6. The highest BCUT2D eigenvalue weighted by molar-refractivity contribution is 5.92. The first-order chi connectivity index (χ1) is 22.4. The van der Waals surface area contributed by atoms with E-state index in [1.54, 1.807) is 75.4 Å². The van der Waals surface area contributed by atoms with Crippen LogP contribution in [0.5, 0.6) is 0 Å². The van der Waals surface area contributed by atoms with Gasteiger partial charge < -0.3 is 14.2 Å². The number of hydrogen-bond donors (Lipinski definition) is 0. The summed E-state index contributed by atoms with van der Waals surface area (Å²) in [6.07, 6.45) is -4.41. The molecule has 248 valence electrons. The number of carbonyl (C=O) groups excluding carboxylic acids is 6. The van der Waals surface area contributed by atoms with Crippen molar-refractivity contribution in [3.05, 3.63) is 106 Å². The van der Waals surface area contributed by atoms with Crippen molar-refractivity contribution >= 4 is 36.4 Å². The molecule has 3 aromatic carbocycles. The first-order valence-corrected chi connectivity index (χ1v) is 13.7. The van der Waals surface area contributed by atoms with Crippen LogP contribution in [-0.4, -0.2) is 56.2 Å². The van der Waals surface area contributed by atoms with Gasteiger partial charge >= 0.3 is 36.4 Å². The second-order valence-corrected chi connectivity index (χ2v) is 10.2. The Labute approximate surface area is 267 Å². The summed E-state index contributed by atoms with van der Waals surface area (Å²) in [5, 5.41) is 0. The van der Waals surface area contributed by atoms with E-state index >= 15 is 0 Å². The highest BCUT2D eigenvalue weighted by Crippen LogP contribution is 2.21. The zero-order valence-corrected chi connectivity index (χ0v) is 25.7. The molecule has 0 amide bonds. The number of hydrogen-bond acceptors (Lipinski definition) is 15. The van der Waals surface area contributed by atoms with Crippen molar-refractivity contribution in [3.8, 4) is 0 Å². The van der Waals surface area contributed by atoms with Crippen LogP contribution in [0.1, 0.15) is 54.7 Å². The normalized spacial score (nSPS) is 10.5. The number of benzene rings is 3. The molecule has 15 heteroatoms. The minimum absolute atomic E-state index is 0.134. The molecule has 3 rings (SSSR count). The van der Waals surface area contributed by atoms with E-state index in [1.165, 1.54) is 25.1 Å². The first kappa shape index (κ1) is 35.4. The van der Waals surface area contributed by atoms with Gasteiger partial charge in [-0.15, -0.1) is 0 Å². The SMILES string of the molecule is Cc1ccccc1C(=O)OOC(=O)OCC(C)(COC(=O)OOC(=O)c1ccccc1C)COC(=O)OOC(=O)c1ccccc1C. The van der Waals surface area contributed by atoms with Gasteiger partial charge in [0, 0.05) is 0 Å². The standard InChI is InChI=1S/C32H30O15/c1-20-11-5-8-14-23(20)26(33)42-45-29(36)39-17-32(4,18-40-30(37)46-43-27(34)24-15-9-6-12-21(24)2)19-41-31(38)47-44-28(35)25-16-10-7-13-22(25)3/h5-16H,17-19H2,1-4H3. The molecule has 0 atom stereocenters. The molecule has 0 bridgehead atoms. The lowest BCUT2D eigenvalue weighted by atomic mass is 9.94. The molecule has 0 aliphatic carbocycles. The molecule has 0 unspecified atom stereocenters. The Morgan fingerprint density at radius 3 is 0.957 bits per heavy atom. The maximum Gasteiger partial charge on any atom is 0.549 e. The highest BCUT2D eigenvalue weighted by atomic mass is 17.2. The van der Waals surface area contributed by atoms with Crippen LogP contribution in [0.2, 0.25) is 0 Å². The van der Waals surface area contributed by atoms with Crippen molar-refractivity contribution in [1.82, 2.24) is 0 Å². The summed E-state index contributed by atoms with van der Waals surface area (Å²) in [4.78, 5) is 99.8. The monoisotopic (exact) mass is 654 g/mol. The lowest BCUT2D eigenvalue weighted by molar-refractivity contribution is -0.216. The average Bonchev–Trinajstić information content (AvgIpc) is 3.06. The van der Waals surface area contributed by atoms with E-state index < -0.39 is 61.6 Å². The molecule has 47 heavy (non-hydrogen) atoms. The quantitative estimate of drug-likeness (QED) is 0.118. The van der Waals surface area contributed by atoms with E-state index in [0.717, 1.165) is 0 Å². The smallest absolute Gasteiger partial charge is 0.431 e. The maximum atomic E-state index is 12.2. The zero-order valence-electron chi connectivity index (χ0n) is 25.7. The van der Waals surface area contributed by atoms with Gasteiger partial charge in [0.15, 0.2) is 0 Å². The van der Waals surface area contributed by atoms with E-state index in [-0.39, 0.29) is 16.7 Å². The van der Waals surface area contributed by atoms with E-state index in [4.69, 9.17) is 14.2 Å². The molecular weight excluding hydrogens is 624 g/mol. The molecule has 0 radical (unpaired) electrons. The zero-order chi connectivity index (χ0) is 34.4. The molecule has 0 saturated carbocycles. The van der Waals surface area contributed by atoms with Crippen molar-refractivity contribution in [2.75, 3.05) is 19.8 Å². The largest absolute Gasteiger partial charge is 0.549 e. The van der Waals surface area contributed by atoms with Crippen LogP contribution in [0.4, 0.5) is 14.4 Å². The molecule has 0 N–H and O–H groups in total. The Balaban J connectivity index is 1.56. The van der Waals surface area contributed by atoms with Crippen LogP contribution in [0.3, 0.4) is 0 Å². The summed E-state index contributed by atoms with van der Waals surface area (Å²) in [5.41, 5.74) is 0.537. The summed E-state index contributed by atoms with van der Waals surface area (Å²) < 4.78 is 14.9. The average molecular weight is 655 g/mol. The summed E-state index contributed by atoms with van der Waals surface area (Å²) in [6.45, 7) is 4.26. The molecule has 0 aliphatic rings. The topological polar surface area (TPSA) is 185 Å². The maximum absolute atomic E-state index is 12.2. The molecule has 15 nitrogen and oxygen atoms in total. The van der Waals surface area contributed by atoms with E-state index in [0.29, 0.717) is 16.7 Å². The van der Waals surface area contributed by atoms with Crippen LogP contribution in [-0.2, 0) is 43.5 Å². The minimum Gasteiger partial charge on any atom is -0.431 e. The van der Waals surface area contributed by atoms with Gasteiger partial charge in [-0.2, -0.15) is 14.4 Å². The Morgan fingerprint density at radius 1 is 0.447 bits per heavy atom. The minimum atomic E-state index is -1.54. The van der Waals surface area contributed by atoms with Crippen LogP contribution >= 0.6 is 0 Å². The molecule has 0 aliphatic heterocycles. The van der Waals surface area contributed by atoms with Gasteiger partial charge in [0.25, 0.3) is 0 Å². The molecule has 0 saturated heterocycles. The Kier molecular flexibility index (Phi) is 12.6. The molecule has 0 spiro atoms. The Bertz CT molecular complexity index is 1430. The van der Waals surface area contributed by atoms with Gasteiger partial charge in [0.05, 0.1) is 22.1 Å². The molecule has 0 aromatic heterocycles. The summed E-state index contributed by atoms with van der Waals surface area (Å²) >= 11 is 0. The van der Waals surface area contributed by atoms with Crippen molar-refractivity contribution in [3.63, 3.8) is 0 Å². The number of ether oxygens (including phenoxy) is 3. The van der Waals surface area contributed by atoms with Crippen molar-refractivity contribution in [2.45, 2.75) is 27.7 Å². The lowest BCUT2D eigenvalue weighted by Gasteiger charge is -2.26. The highest BCUT2D eigenvalue weighted by Gasteiger charge is 2.33. The van der Waals surface area contributed by atoms with Gasteiger partial charge in [-0.1, -0.05) is 54.6 Å². The fourth-order valence-corrected chi connectivity index (χ4v) is 3.65. The second kappa shape index (κ2) is 16.8. The van der Waals surface area contributed by atoms with Crippen LogP contribution < -0.4 is 0 Å². The van der Waals surface area contributed by atoms with Gasteiger partial charge in [-0.3, -0.25) is 0 Å². The van der Waals surface area contributed by atoms with E-state index in [1.807, 2.05) is 0 Å². The summed E-state index contributed by atoms with van der Waals surface area (Å²) in [7, 11) is 0. The Morgan fingerprint density at radius 2 is 0.702 bits per heavy atom. The fourth-order valence-electron chi connectivity index (χ4n) is 3.65. The Hall–Kier alpha value is -6.12. The predicted octanol–water partition coefficient (Wildman–Crippen LogP) is 5.69. The van der Waals surface area contributed by atoms with Gasteiger partial charge in [0.1, 0.15) is 19.8 Å². The van der Waals surface area contributed by atoms with Gasteiger partial charge in [-0.05, 0) is 62.6 Å². The summed E-state index contributed by atoms with van der Waals surface area (Å²) in [5.74, 6) is -2.92. The first-order valence-electron chi connectivity index (χ1n) is 13.7. The van der Waals surface area contributed by atoms with Crippen molar-refractivity contribution in [2.24, 2.45) is 5.41 Å². The number of aryl methyl sites for hydroxylation is 3. The predicted molar refractivity (Wildman–Crippen MR) is 155 cm³/mol. The third-order valence-electron chi connectivity index (χ3n) is 6.27. The third kappa shape index (κ3) is 11.1. The van der Waals surface area contributed by atoms with Crippen LogP contribution in [0, 0.1) is 26.2 Å². The number of rotatable bonds is 9. The lowest BCUT2D eigenvalue weighted by Crippen LogP contribution is -2.37. The molecule has 3 aromatic rings. The van der Waals surface area contributed by atoms with Crippen LogP contribution in [0.15, 0.2) is 72.8 Å². The second-order valence-electron chi connectivity index (χ2n) is 10.2. The van der Waals surface area contributed by atoms with Crippen LogP contribution in [0.25, 0.3) is 0 Å². The molecule has 0 fully saturated rings. The van der Waals surface area contributed by atoms with E-state index in [2.05, 4.69) is 29.3 Å². The summed E-state index contributed by atoms with van der Waals surface area (Å²) in [6, 6.07) is 19.1. The van der Waals surface area contributed by atoms with Crippen molar-refractivity contribution in [1.29, 1.82) is 0 Å². The third-order valence-corrected chi connectivity index (χ3v) is 6.27. The molecular formula is C32H30O15. The fraction of sp³-hybridized carbons (Fsp3) is 0.250. The van der Waals surface area contributed by atoms with Gasteiger partial charge in [-0.25, -0.2) is 43.7 Å². The van der Waals surface area contributed by atoms with Gasteiger partial charge in [0.2, 0.25) is 0 Å². The van der Waals surface area contributed by atoms with Crippen molar-refractivity contribution < 1.29 is 72.3 Å². The van der Waals surface area contributed by atoms with E-state index in [9.17, 15) is 28.8 Å². The molecule has 0 heterocycles.